The van der Waals surface area contributed by atoms with Crippen molar-refractivity contribution in [2.24, 2.45) is 5.92 Å². The summed E-state index contributed by atoms with van der Waals surface area (Å²) >= 11 is 0. The molecule has 2 aromatic carbocycles. The Morgan fingerprint density at radius 3 is 2.50 bits per heavy atom. The Morgan fingerprint density at radius 1 is 1.21 bits per heavy atom. The van der Waals surface area contributed by atoms with E-state index >= 15 is 0 Å². The molecule has 0 bridgehead atoms. The number of anilines is 2. The van der Waals surface area contributed by atoms with Crippen LogP contribution in [0.3, 0.4) is 0 Å². The van der Waals surface area contributed by atoms with E-state index in [1.807, 2.05) is 13.8 Å². The molecule has 0 aromatic heterocycles. The van der Waals surface area contributed by atoms with Crippen molar-refractivity contribution in [3.63, 3.8) is 0 Å². The summed E-state index contributed by atoms with van der Waals surface area (Å²) in [5.41, 5.74) is 1.04. The van der Waals surface area contributed by atoms with E-state index in [-0.39, 0.29) is 29.0 Å². The molecule has 0 aliphatic heterocycles. The van der Waals surface area contributed by atoms with Crippen molar-refractivity contribution in [1.82, 2.24) is 0 Å². The maximum absolute atomic E-state index is 12.0. The Morgan fingerprint density at radius 2 is 1.89 bits per heavy atom. The lowest BCUT2D eigenvalue weighted by atomic mass is 10.1. The van der Waals surface area contributed by atoms with E-state index in [2.05, 4.69) is 10.6 Å². The van der Waals surface area contributed by atoms with Crippen LogP contribution in [0.25, 0.3) is 0 Å². The number of amides is 1. The molecule has 9 heteroatoms. The summed E-state index contributed by atoms with van der Waals surface area (Å²) < 4.78 is 23.7. The number of sulfone groups is 1. The number of hydrogen-bond donors (Lipinski definition) is 2. The van der Waals surface area contributed by atoms with Crippen molar-refractivity contribution in [2.45, 2.75) is 31.7 Å². The Hall–Kier alpha value is -2.94. The molecule has 1 amide bonds. The Kier molecular flexibility index (Phi) is 6.74. The van der Waals surface area contributed by atoms with Gasteiger partial charge in [0.25, 0.3) is 0 Å². The first kappa shape index (κ1) is 21.4. The molecule has 2 aromatic rings. The van der Waals surface area contributed by atoms with Crippen molar-refractivity contribution in [3.8, 4) is 0 Å². The third kappa shape index (κ3) is 5.29. The average molecular weight is 405 g/mol. The highest BCUT2D eigenvalue weighted by Crippen LogP contribution is 2.32. The summed E-state index contributed by atoms with van der Waals surface area (Å²) in [4.78, 5) is 22.4. The molecular weight excluding hydrogens is 382 g/mol. The summed E-state index contributed by atoms with van der Waals surface area (Å²) in [7, 11) is -3.74. The van der Waals surface area contributed by atoms with E-state index in [4.69, 9.17) is 0 Å². The van der Waals surface area contributed by atoms with Crippen LogP contribution in [0.2, 0.25) is 0 Å². The van der Waals surface area contributed by atoms with Gasteiger partial charge in [0, 0.05) is 24.4 Å². The van der Waals surface area contributed by atoms with Crippen LogP contribution in [0, 0.1) is 16.0 Å². The van der Waals surface area contributed by atoms with Crippen molar-refractivity contribution in [3.05, 3.63) is 58.1 Å². The molecule has 2 N–H and O–H groups in total. The van der Waals surface area contributed by atoms with Crippen LogP contribution in [0.4, 0.5) is 17.1 Å². The predicted molar refractivity (Wildman–Crippen MR) is 108 cm³/mol. The third-order valence-electron chi connectivity index (χ3n) is 4.32. The lowest BCUT2D eigenvalue weighted by molar-refractivity contribution is -0.386. The monoisotopic (exact) mass is 405 g/mol. The minimum absolute atomic E-state index is 0.0795. The number of nitro benzene ring substituents is 1. The highest BCUT2D eigenvalue weighted by molar-refractivity contribution is 7.90. The van der Waals surface area contributed by atoms with E-state index in [0.717, 1.165) is 18.2 Å². The summed E-state index contributed by atoms with van der Waals surface area (Å²) in [5, 5.41) is 17.2. The van der Waals surface area contributed by atoms with E-state index in [1.54, 1.807) is 24.3 Å². The minimum Gasteiger partial charge on any atom is -0.375 e. The first-order chi connectivity index (χ1) is 13.1. The quantitative estimate of drug-likeness (QED) is 0.512. The van der Waals surface area contributed by atoms with Gasteiger partial charge in [-0.3, -0.25) is 14.9 Å². The van der Waals surface area contributed by atoms with E-state index in [0.29, 0.717) is 5.69 Å². The molecule has 0 fully saturated rings. The number of carbonyl (C=O) groups is 1. The lowest BCUT2D eigenvalue weighted by Gasteiger charge is -2.12. The molecule has 1 atom stereocenters. The number of carbonyl (C=O) groups excluding carboxylic acids is 1. The van der Waals surface area contributed by atoms with Crippen molar-refractivity contribution in [2.75, 3.05) is 16.9 Å². The largest absolute Gasteiger partial charge is 0.375 e. The molecule has 0 aliphatic rings. The molecule has 0 heterocycles. The van der Waals surface area contributed by atoms with Gasteiger partial charge in [0.15, 0.2) is 9.84 Å². The van der Waals surface area contributed by atoms with Crippen molar-refractivity contribution in [1.29, 1.82) is 0 Å². The fraction of sp³-hybridized carbons (Fsp3) is 0.316. The molecule has 2 rings (SSSR count). The van der Waals surface area contributed by atoms with E-state index in [9.17, 15) is 23.3 Å². The van der Waals surface area contributed by atoms with Crippen LogP contribution < -0.4 is 10.6 Å². The number of rotatable bonds is 8. The number of nitro groups is 1. The molecule has 28 heavy (non-hydrogen) atoms. The zero-order valence-electron chi connectivity index (χ0n) is 15.9. The van der Waals surface area contributed by atoms with Crippen LogP contribution in [0.5, 0.6) is 0 Å². The lowest BCUT2D eigenvalue weighted by Crippen LogP contribution is -2.19. The van der Waals surface area contributed by atoms with Gasteiger partial charge >= 0.3 is 5.69 Å². The SMILES string of the molecule is CCC(C)C(=O)Nc1cccc(CNc2cccc(S(C)(=O)=O)c2[N+](=O)[O-])c1. The molecule has 1 unspecified atom stereocenters. The van der Waals surface area contributed by atoms with Crippen molar-refractivity contribution < 1.29 is 18.1 Å². The van der Waals surface area contributed by atoms with Gasteiger partial charge in [-0.2, -0.15) is 0 Å². The summed E-state index contributed by atoms with van der Waals surface area (Å²) in [5.74, 6) is -0.188. The second-order valence-electron chi connectivity index (χ2n) is 6.53. The number of nitrogens with one attached hydrogen (secondary N) is 2. The fourth-order valence-corrected chi connectivity index (χ4v) is 3.42. The van der Waals surface area contributed by atoms with Crippen LogP contribution in [0.1, 0.15) is 25.8 Å². The molecule has 0 aliphatic carbocycles. The van der Waals surface area contributed by atoms with E-state index < -0.39 is 20.4 Å². The zero-order chi connectivity index (χ0) is 20.9. The second-order valence-corrected chi connectivity index (χ2v) is 8.52. The maximum Gasteiger partial charge on any atom is 0.310 e. The minimum atomic E-state index is -3.74. The number of nitrogens with zero attached hydrogens (tertiary/aromatic N) is 1. The predicted octanol–water partition coefficient (Wildman–Crippen LogP) is 3.60. The molecule has 8 nitrogen and oxygen atoms in total. The smallest absolute Gasteiger partial charge is 0.310 e. The van der Waals surface area contributed by atoms with Gasteiger partial charge in [-0.1, -0.05) is 32.0 Å². The molecule has 0 radical (unpaired) electrons. The Balaban J connectivity index is 2.22. The fourth-order valence-electron chi connectivity index (χ4n) is 2.56. The van der Waals surface area contributed by atoms with Gasteiger partial charge in [0.05, 0.1) is 4.92 Å². The van der Waals surface area contributed by atoms with Crippen LogP contribution in [0.15, 0.2) is 47.4 Å². The van der Waals surface area contributed by atoms with Gasteiger partial charge in [-0.05, 0) is 36.2 Å². The van der Waals surface area contributed by atoms with Gasteiger partial charge in [-0.25, -0.2) is 8.42 Å². The molecule has 0 saturated carbocycles. The van der Waals surface area contributed by atoms with Crippen molar-refractivity contribution >= 4 is 32.8 Å². The Bertz CT molecular complexity index is 989. The van der Waals surface area contributed by atoms with Crippen LogP contribution in [-0.2, 0) is 21.2 Å². The zero-order valence-corrected chi connectivity index (χ0v) is 16.7. The van der Waals surface area contributed by atoms with Gasteiger partial charge in [0.2, 0.25) is 5.91 Å². The van der Waals surface area contributed by atoms with Crippen LogP contribution >= 0.6 is 0 Å². The topological polar surface area (TPSA) is 118 Å². The Labute approximate surface area is 164 Å². The van der Waals surface area contributed by atoms with E-state index in [1.165, 1.54) is 18.2 Å². The maximum atomic E-state index is 12.0. The highest BCUT2D eigenvalue weighted by atomic mass is 32.2. The molecule has 0 spiro atoms. The number of hydrogen-bond acceptors (Lipinski definition) is 6. The highest BCUT2D eigenvalue weighted by Gasteiger charge is 2.25. The van der Waals surface area contributed by atoms with Crippen LogP contribution in [-0.4, -0.2) is 25.5 Å². The molecule has 0 saturated heterocycles. The third-order valence-corrected chi connectivity index (χ3v) is 5.45. The average Bonchev–Trinajstić information content (AvgIpc) is 2.64. The molecular formula is C19H23N3O5S. The first-order valence-electron chi connectivity index (χ1n) is 8.74. The van der Waals surface area contributed by atoms with Gasteiger partial charge in [0.1, 0.15) is 10.6 Å². The van der Waals surface area contributed by atoms with Gasteiger partial charge < -0.3 is 10.6 Å². The molecule has 150 valence electrons. The standard InChI is InChI=1S/C19H23N3O5S/c1-4-13(2)19(23)21-15-8-5-7-14(11-15)12-20-16-9-6-10-17(28(3,26)27)18(16)22(24)25/h5-11,13,20H,4,12H2,1-3H3,(H,21,23). The number of para-hydroxylation sites is 1. The summed E-state index contributed by atoms with van der Waals surface area (Å²) in [6, 6.07) is 11.2. The second kappa shape index (κ2) is 8.83. The van der Waals surface area contributed by atoms with Gasteiger partial charge in [-0.15, -0.1) is 0 Å². The first-order valence-corrected chi connectivity index (χ1v) is 10.6. The number of benzene rings is 2. The summed E-state index contributed by atoms with van der Waals surface area (Å²) in [6.45, 7) is 4.00. The normalized spacial score (nSPS) is 12.2. The summed E-state index contributed by atoms with van der Waals surface area (Å²) in [6.07, 6.45) is 1.66.